The Labute approximate surface area is 109 Å². The molecule has 3 nitrogen and oxygen atoms in total. The van der Waals surface area contributed by atoms with E-state index in [0.29, 0.717) is 0 Å². The quantitative estimate of drug-likeness (QED) is 0.851. The van der Waals surface area contributed by atoms with Gasteiger partial charge in [-0.25, -0.2) is 8.78 Å². The van der Waals surface area contributed by atoms with Gasteiger partial charge in [-0.15, -0.1) is 0 Å². The molecule has 0 aliphatic heterocycles. The summed E-state index contributed by atoms with van der Waals surface area (Å²) in [6.45, 7) is 1.94. The number of amides is 1. The van der Waals surface area contributed by atoms with Crippen LogP contribution in [0.2, 0.25) is 0 Å². The van der Waals surface area contributed by atoms with Gasteiger partial charge in [-0.2, -0.15) is 0 Å². The number of rotatable bonds is 3. The van der Waals surface area contributed by atoms with Crippen LogP contribution in [0.3, 0.4) is 0 Å². The summed E-state index contributed by atoms with van der Waals surface area (Å²) in [5, 5.41) is 0. The van der Waals surface area contributed by atoms with Crippen molar-refractivity contribution in [2.24, 2.45) is 0 Å². The number of benzene rings is 1. The van der Waals surface area contributed by atoms with Gasteiger partial charge >= 0.3 is 0 Å². The number of hydrogen-bond donors (Lipinski definition) is 0. The molecule has 0 saturated carbocycles. The standard InChI is InChI=1S/C14H12F2N2O/c1-2-18(13-6-4-3-5-11(13)15)14(19)10-7-8-17-9-12(10)16/h3-9H,2H2,1H3. The van der Waals surface area contributed by atoms with Crippen LogP contribution in [0.25, 0.3) is 0 Å². The third-order valence-corrected chi connectivity index (χ3v) is 2.71. The number of carbonyl (C=O) groups is 1. The van der Waals surface area contributed by atoms with E-state index in [1.807, 2.05) is 0 Å². The van der Waals surface area contributed by atoms with Gasteiger partial charge in [0, 0.05) is 12.7 Å². The maximum atomic E-state index is 13.7. The van der Waals surface area contributed by atoms with E-state index in [-0.39, 0.29) is 17.8 Å². The average Bonchev–Trinajstić information content (AvgIpc) is 2.42. The summed E-state index contributed by atoms with van der Waals surface area (Å²) in [5.41, 5.74) is 0.00585. The fourth-order valence-electron chi connectivity index (χ4n) is 1.79. The zero-order valence-electron chi connectivity index (χ0n) is 10.3. The van der Waals surface area contributed by atoms with Crippen LogP contribution in [-0.4, -0.2) is 17.4 Å². The normalized spacial score (nSPS) is 10.3. The average molecular weight is 262 g/mol. The van der Waals surface area contributed by atoms with Crippen LogP contribution in [0.1, 0.15) is 17.3 Å². The Morgan fingerprint density at radius 2 is 1.95 bits per heavy atom. The van der Waals surface area contributed by atoms with Crippen LogP contribution in [0.5, 0.6) is 0 Å². The minimum Gasteiger partial charge on any atom is -0.306 e. The van der Waals surface area contributed by atoms with Crippen molar-refractivity contribution in [3.8, 4) is 0 Å². The third kappa shape index (κ3) is 2.59. The van der Waals surface area contributed by atoms with Crippen molar-refractivity contribution in [3.05, 3.63) is 59.9 Å². The van der Waals surface area contributed by atoms with E-state index >= 15 is 0 Å². The molecule has 0 saturated heterocycles. The molecule has 0 fully saturated rings. The van der Waals surface area contributed by atoms with Crippen molar-refractivity contribution in [2.45, 2.75) is 6.92 Å². The summed E-state index contributed by atoms with van der Waals surface area (Å²) in [4.78, 5) is 17.0. The summed E-state index contributed by atoms with van der Waals surface area (Å²) < 4.78 is 27.3. The van der Waals surface area contributed by atoms with Gasteiger partial charge in [0.05, 0.1) is 17.4 Å². The summed E-state index contributed by atoms with van der Waals surface area (Å²) in [5.74, 6) is -1.83. The predicted molar refractivity (Wildman–Crippen MR) is 67.9 cm³/mol. The van der Waals surface area contributed by atoms with E-state index in [0.717, 1.165) is 6.20 Å². The van der Waals surface area contributed by atoms with Gasteiger partial charge in [0.1, 0.15) is 5.82 Å². The molecule has 2 rings (SSSR count). The lowest BCUT2D eigenvalue weighted by molar-refractivity contribution is 0.0983. The highest BCUT2D eigenvalue weighted by atomic mass is 19.1. The van der Waals surface area contributed by atoms with E-state index in [1.165, 1.54) is 35.4 Å². The monoisotopic (exact) mass is 262 g/mol. The number of pyridine rings is 1. The highest BCUT2D eigenvalue weighted by Crippen LogP contribution is 2.21. The number of aromatic nitrogens is 1. The molecule has 0 aliphatic carbocycles. The molecule has 19 heavy (non-hydrogen) atoms. The number of para-hydroxylation sites is 1. The molecule has 0 unspecified atom stereocenters. The van der Waals surface area contributed by atoms with E-state index in [4.69, 9.17) is 0 Å². The zero-order chi connectivity index (χ0) is 13.8. The van der Waals surface area contributed by atoms with Gasteiger partial charge in [-0.3, -0.25) is 9.78 Å². The number of hydrogen-bond acceptors (Lipinski definition) is 2. The molecule has 1 aromatic carbocycles. The molecule has 1 amide bonds. The topological polar surface area (TPSA) is 33.2 Å². The van der Waals surface area contributed by atoms with E-state index in [2.05, 4.69) is 4.98 Å². The van der Waals surface area contributed by atoms with E-state index < -0.39 is 17.5 Å². The molecule has 5 heteroatoms. The summed E-state index contributed by atoms with van der Waals surface area (Å²) >= 11 is 0. The van der Waals surface area contributed by atoms with E-state index in [1.54, 1.807) is 13.0 Å². The molecule has 1 heterocycles. The minimum atomic E-state index is -0.720. The van der Waals surface area contributed by atoms with Gasteiger partial charge in [-0.05, 0) is 25.1 Å². The van der Waals surface area contributed by atoms with Gasteiger partial charge in [0.2, 0.25) is 0 Å². The molecule has 0 spiro atoms. The van der Waals surface area contributed by atoms with Crippen molar-refractivity contribution in [3.63, 3.8) is 0 Å². The Hall–Kier alpha value is -2.30. The van der Waals surface area contributed by atoms with Crippen LogP contribution in [0, 0.1) is 11.6 Å². The molecule has 0 aliphatic rings. The molecule has 2 aromatic rings. The molecular formula is C14H12F2N2O. The van der Waals surface area contributed by atoms with Gasteiger partial charge in [0.15, 0.2) is 5.82 Å². The second-order valence-electron chi connectivity index (χ2n) is 3.86. The van der Waals surface area contributed by atoms with Crippen LogP contribution in [-0.2, 0) is 0 Å². The highest BCUT2D eigenvalue weighted by Gasteiger charge is 2.21. The first-order chi connectivity index (χ1) is 9.15. The third-order valence-electron chi connectivity index (χ3n) is 2.71. The van der Waals surface area contributed by atoms with E-state index in [9.17, 15) is 13.6 Å². The SMILES string of the molecule is CCN(C(=O)c1ccncc1F)c1ccccc1F. The summed E-state index contributed by atoms with van der Waals surface area (Å²) in [6, 6.07) is 7.17. The smallest absolute Gasteiger partial charge is 0.261 e. The lowest BCUT2D eigenvalue weighted by atomic mass is 10.2. The number of nitrogens with zero attached hydrogens (tertiary/aromatic N) is 2. The predicted octanol–water partition coefficient (Wildman–Crippen LogP) is 3.03. The number of carbonyl (C=O) groups excluding carboxylic acids is 1. The first-order valence-electron chi connectivity index (χ1n) is 5.81. The maximum absolute atomic E-state index is 13.7. The van der Waals surface area contributed by atoms with Gasteiger partial charge in [0.25, 0.3) is 5.91 Å². The Balaban J connectivity index is 2.41. The van der Waals surface area contributed by atoms with Crippen molar-refractivity contribution in [1.82, 2.24) is 4.98 Å². The second kappa shape index (κ2) is 5.56. The molecular weight excluding hydrogens is 250 g/mol. The van der Waals surface area contributed by atoms with Gasteiger partial charge < -0.3 is 4.90 Å². The Kier molecular flexibility index (Phi) is 3.85. The molecule has 0 atom stereocenters. The summed E-state index contributed by atoms with van der Waals surface area (Å²) in [6.07, 6.45) is 2.29. The number of anilines is 1. The highest BCUT2D eigenvalue weighted by molar-refractivity contribution is 6.06. The van der Waals surface area contributed by atoms with Gasteiger partial charge in [-0.1, -0.05) is 12.1 Å². The molecule has 1 aromatic heterocycles. The lowest BCUT2D eigenvalue weighted by Crippen LogP contribution is -2.32. The largest absolute Gasteiger partial charge is 0.306 e. The molecule has 98 valence electrons. The molecule has 0 radical (unpaired) electrons. The maximum Gasteiger partial charge on any atom is 0.261 e. The molecule has 0 bridgehead atoms. The summed E-state index contributed by atoms with van der Waals surface area (Å²) in [7, 11) is 0. The molecule has 0 N–H and O–H groups in total. The Morgan fingerprint density at radius 3 is 2.58 bits per heavy atom. The fraction of sp³-hybridized carbons (Fsp3) is 0.143. The van der Waals surface area contributed by atoms with Crippen molar-refractivity contribution in [1.29, 1.82) is 0 Å². The first-order valence-corrected chi connectivity index (χ1v) is 5.81. The minimum absolute atomic E-state index is 0.125. The second-order valence-corrected chi connectivity index (χ2v) is 3.86. The number of halogens is 2. The van der Waals surface area contributed by atoms with Crippen LogP contribution in [0.15, 0.2) is 42.7 Å². The first kappa shape index (κ1) is 13.1. The Bertz CT molecular complexity index is 602. The zero-order valence-corrected chi connectivity index (χ0v) is 10.3. The fourth-order valence-corrected chi connectivity index (χ4v) is 1.79. The van der Waals surface area contributed by atoms with Crippen molar-refractivity contribution < 1.29 is 13.6 Å². The van der Waals surface area contributed by atoms with Crippen LogP contribution >= 0.6 is 0 Å². The van der Waals surface area contributed by atoms with Crippen LogP contribution in [0.4, 0.5) is 14.5 Å². The van der Waals surface area contributed by atoms with Crippen LogP contribution < -0.4 is 4.90 Å². The van der Waals surface area contributed by atoms with Crippen molar-refractivity contribution in [2.75, 3.05) is 11.4 Å². The van der Waals surface area contributed by atoms with Crippen molar-refractivity contribution >= 4 is 11.6 Å². The lowest BCUT2D eigenvalue weighted by Gasteiger charge is -2.21. The Morgan fingerprint density at radius 1 is 1.21 bits per heavy atom.